The van der Waals surface area contributed by atoms with E-state index in [1.807, 2.05) is 6.92 Å². The van der Waals surface area contributed by atoms with E-state index < -0.39 is 0 Å². The van der Waals surface area contributed by atoms with Crippen molar-refractivity contribution >= 4 is 17.9 Å². The quantitative estimate of drug-likeness (QED) is 0.357. The highest BCUT2D eigenvalue weighted by atomic mass is 16.2. The van der Waals surface area contributed by atoms with Crippen molar-refractivity contribution in [2.24, 2.45) is 4.99 Å². The summed E-state index contributed by atoms with van der Waals surface area (Å²) in [7, 11) is 0. The van der Waals surface area contributed by atoms with Gasteiger partial charge in [0.2, 0.25) is 5.91 Å². The van der Waals surface area contributed by atoms with Gasteiger partial charge in [-0.1, -0.05) is 30.3 Å². The number of rotatable bonds is 7. The van der Waals surface area contributed by atoms with Gasteiger partial charge in [-0.2, -0.15) is 0 Å². The van der Waals surface area contributed by atoms with E-state index in [1.165, 1.54) is 23.3 Å². The van der Waals surface area contributed by atoms with E-state index in [2.05, 4.69) is 56.2 Å². The number of imide groups is 1. The van der Waals surface area contributed by atoms with Crippen LogP contribution in [0.1, 0.15) is 38.2 Å². The van der Waals surface area contributed by atoms with Crippen molar-refractivity contribution in [2.75, 3.05) is 26.2 Å². The predicted octanol–water partition coefficient (Wildman–Crippen LogP) is 1.29. The topological polar surface area (TPSA) is 89.1 Å². The summed E-state index contributed by atoms with van der Waals surface area (Å²) in [5.74, 6) is 0.584. The van der Waals surface area contributed by atoms with Gasteiger partial charge in [0.05, 0.1) is 19.6 Å². The Balaban J connectivity index is 1.31. The largest absolute Gasteiger partial charge is 0.357 e. The molecule has 1 aromatic rings. The second-order valence-corrected chi connectivity index (χ2v) is 8.32. The fourth-order valence-corrected chi connectivity index (χ4v) is 4.90. The van der Waals surface area contributed by atoms with E-state index in [-0.39, 0.29) is 18.5 Å². The first kappa shape index (κ1) is 20.7. The predicted molar refractivity (Wildman–Crippen MR) is 116 cm³/mol. The van der Waals surface area contributed by atoms with Crippen molar-refractivity contribution in [1.82, 2.24) is 25.8 Å². The van der Waals surface area contributed by atoms with Crippen LogP contribution in [0.2, 0.25) is 0 Å². The maximum Gasteiger partial charge on any atom is 0.324 e. The zero-order valence-corrected chi connectivity index (χ0v) is 17.6. The summed E-state index contributed by atoms with van der Waals surface area (Å²) in [6, 6.07) is 12.0. The number of carbonyl (C=O) groups excluding carboxylic acids is 2. The molecule has 8 nitrogen and oxygen atoms in total. The van der Waals surface area contributed by atoms with Gasteiger partial charge in [-0.05, 0) is 38.2 Å². The summed E-state index contributed by atoms with van der Waals surface area (Å²) in [5.41, 5.74) is 1.39. The van der Waals surface area contributed by atoms with E-state index in [1.54, 1.807) is 0 Å². The van der Waals surface area contributed by atoms with Crippen molar-refractivity contribution in [2.45, 2.75) is 57.3 Å². The van der Waals surface area contributed by atoms with Crippen LogP contribution in [0.25, 0.3) is 0 Å². The fraction of sp³-hybridized carbons (Fsp3) is 0.591. The van der Waals surface area contributed by atoms with Gasteiger partial charge in [0.15, 0.2) is 5.96 Å². The maximum absolute atomic E-state index is 11.7. The lowest BCUT2D eigenvalue weighted by atomic mass is 9.96. The monoisotopic (exact) mass is 412 g/mol. The van der Waals surface area contributed by atoms with Gasteiger partial charge >= 0.3 is 6.03 Å². The molecule has 162 valence electrons. The van der Waals surface area contributed by atoms with Crippen molar-refractivity contribution in [3.63, 3.8) is 0 Å². The minimum absolute atomic E-state index is 0.0885. The number of nitrogens with one attached hydrogen (secondary N) is 3. The molecule has 3 fully saturated rings. The first-order valence-corrected chi connectivity index (χ1v) is 11.1. The van der Waals surface area contributed by atoms with E-state index in [0.29, 0.717) is 31.2 Å². The number of carbonyl (C=O) groups is 2. The molecule has 2 atom stereocenters. The van der Waals surface area contributed by atoms with Crippen molar-refractivity contribution in [3.8, 4) is 0 Å². The normalized spacial score (nSPS) is 26.8. The molecule has 30 heavy (non-hydrogen) atoms. The summed E-state index contributed by atoms with van der Waals surface area (Å²) in [6.07, 6.45) is 4.74. The number of guanidine groups is 1. The van der Waals surface area contributed by atoms with Crippen LogP contribution in [0.15, 0.2) is 35.3 Å². The number of amides is 3. The molecule has 3 aliphatic heterocycles. The highest BCUT2D eigenvalue weighted by molar-refractivity contribution is 6.01. The van der Waals surface area contributed by atoms with Gasteiger partial charge < -0.3 is 16.0 Å². The maximum atomic E-state index is 11.7. The van der Waals surface area contributed by atoms with E-state index in [4.69, 9.17) is 0 Å². The Morgan fingerprint density at radius 1 is 1.17 bits per heavy atom. The molecule has 3 amide bonds. The molecule has 3 aliphatic rings. The van der Waals surface area contributed by atoms with Crippen LogP contribution in [0, 0.1) is 0 Å². The van der Waals surface area contributed by atoms with E-state index in [9.17, 15) is 9.59 Å². The average Bonchev–Trinajstić information content (AvgIpc) is 3.17. The highest BCUT2D eigenvalue weighted by Gasteiger charge is 2.40. The van der Waals surface area contributed by atoms with Gasteiger partial charge in [0.1, 0.15) is 0 Å². The zero-order chi connectivity index (χ0) is 20.9. The molecule has 2 bridgehead atoms. The summed E-state index contributed by atoms with van der Waals surface area (Å²) in [5, 5.41) is 9.44. The molecule has 0 saturated carbocycles. The SMILES string of the molecule is CCNC(=NCCN1C(=O)CNC1=O)NC1CC2CCC(C1)N2Cc1ccccc1. The third kappa shape index (κ3) is 4.75. The molecule has 3 saturated heterocycles. The van der Waals surface area contributed by atoms with Crippen LogP contribution in [0.4, 0.5) is 4.79 Å². The van der Waals surface area contributed by atoms with Crippen LogP contribution in [-0.2, 0) is 11.3 Å². The number of piperidine rings is 1. The molecular formula is C22H32N6O2. The summed E-state index contributed by atoms with van der Waals surface area (Å²) >= 11 is 0. The van der Waals surface area contributed by atoms with E-state index in [0.717, 1.165) is 31.9 Å². The molecular weight excluding hydrogens is 380 g/mol. The van der Waals surface area contributed by atoms with Crippen LogP contribution in [-0.4, -0.2) is 72.0 Å². The molecule has 4 rings (SSSR count). The number of nitrogens with zero attached hydrogens (tertiary/aromatic N) is 3. The summed E-state index contributed by atoms with van der Waals surface area (Å²) in [6.45, 7) is 4.64. The van der Waals surface area contributed by atoms with Crippen LogP contribution in [0.5, 0.6) is 0 Å². The van der Waals surface area contributed by atoms with Gasteiger partial charge in [-0.15, -0.1) is 0 Å². The number of urea groups is 1. The van der Waals surface area contributed by atoms with Gasteiger partial charge in [0, 0.05) is 31.2 Å². The number of hydrogen-bond donors (Lipinski definition) is 3. The van der Waals surface area contributed by atoms with Crippen LogP contribution in [0.3, 0.4) is 0 Å². The molecule has 0 aromatic heterocycles. The summed E-state index contributed by atoms with van der Waals surface area (Å²) < 4.78 is 0. The van der Waals surface area contributed by atoms with Crippen LogP contribution < -0.4 is 16.0 Å². The van der Waals surface area contributed by atoms with Gasteiger partial charge in [-0.25, -0.2) is 4.79 Å². The Bertz CT molecular complexity index is 753. The molecule has 3 N–H and O–H groups in total. The zero-order valence-electron chi connectivity index (χ0n) is 17.6. The second kappa shape index (κ2) is 9.47. The number of benzene rings is 1. The number of fused-ring (bicyclic) bond motifs is 2. The third-order valence-corrected chi connectivity index (χ3v) is 6.31. The summed E-state index contributed by atoms with van der Waals surface area (Å²) in [4.78, 5) is 31.9. The first-order valence-electron chi connectivity index (χ1n) is 11.1. The molecule has 0 aliphatic carbocycles. The average molecular weight is 413 g/mol. The van der Waals surface area contributed by atoms with Crippen LogP contribution >= 0.6 is 0 Å². The molecule has 3 heterocycles. The Hall–Kier alpha value is -2.61. The minimum Gasteiger partial charge on any atom is -0.357 e. The molecule has 0 radical (unpaired) electrons. The Kier molecular flexibility index (Phi) is 6.52. The molecule has 8 heteroatoms. The van der Waals surface area contributed by atoms with Gasteiger partial charge in [0.25, 0.3) is 0 Å². The number of hydrogen-bond acceptors (Lipinski definition) is 4. The van der Waals surface area contributed by atoms with Crippen molar-refractivity contribution in [1.29, 1.82) is 0 Å². The van der Waals surface area contributed by atoms with Crippen molar-refractivity contribution < 1.29 is 9.59 Å². The number of aliphatic imine (C=N–C) groups is 1. The third-order valence-electron chi connectivity index (χ3n) is 6.31. The minimum atomic E-state index is -0.324. The Labute approximate surface area is 178 Å². The standard InChI is InChI=1S/C22H32N6O2/c1-2-23-21(24-10-11-27-20(29)14-25-22(27)30)26-17-12-18-8-9-19(13-17)28(18)15-16-6-4-3-5-7-16/h3-7,17-19H,2,8-15H2,1H3,(H,25,30)(H2,23,24,26). The van der Waals surface area contributed by atoms with Gasteiger partial charge in [-0.3, -0.25) is 19.6 Å². The lowest BCUT2D eigenvalue weighted by molar-refractivity contribution is -0.124. The molecule has 1 aromatic carbocycles. The smallest absolute Gasteiger partial charge is 0.324 e. The van der Waals surface area contributed by atoms with E-state index >= 15 is 0 Å². The Morgan fingerprint density at radius 3 is 2.53 bits per heavy atom. The first-order chi connectivity index (χ1) is 14.6. The molecule has 2 unspecified atom stereocenters. The lowest BCUT2D eigenvalue weighted by Crippen LogP contribution is -2.52. The van der Waals surface area contributed by atoms with Crippen molar-refractivity contribution in [3.05, 3.63) is 35.9 Å². The fourth-order valence-electron chi connectivity index (χ4n) is 4.90. The second-order valence-electron chi connectivity index (χ2n) is 8.32. The Morgan fingerprint density at radius 2 is 1.90 bits per heavy atom. The highest BCUT2D eigenvalue weighted by Crippen LogP contribution is 2.36. The lowest BCUT2D eigenvalue weighted by Gasteiger charge is -2.39. The molecule has 0 spiro atoms.